The first kappa shape index (κ1) is 21.7. The van der Waals surface area contributed by atoms with Crippen LogP contribution in [-0.4, -0.2) is 28.8 Å². The minimum absolute atomic E-state index is 0.00349. The summed E-state index contributed by atoms with van der Waals surface area (Å²) in [6.45, 7) is 8.30. The molecule has 0 aliphatic carbocycles. The van der Waals surface area contributed by atoms with Crippen LogP contribution in [0.15, 0.2) is 54.6 Å². The Morgan fingerprint density at radius 3 is 2.21 bits per heavy atom. The Morgan fingerprint density at radius 1 is 0.964 bits per heavy atom. The van der Waals surface area contributed by atoms with Gasteiger partial charge in [0, 0.05) is 19.0 Å². The van der Waals surface area contributed by atoms with Gasteiger partial charge in [0.1, 0.15) is 6.04 Å². The van der Waals surface area contributed by atoms with Crippen molar-refractivity contribution in [3.8, 4) is 0 Å². The number of hydrogen-bond acceptors (Lipinski definition) is 2. The van der Waals surface area contributed by atoms with Crippen molar-refractivity contribution < 1.29 is 9.59 Å². The Kier molecular flexibility index (Phi) is 8.24. The van der Waals surface area contributed by atoms with Crippen molar-refractivity contribution in [3.05, 3.63) is 71.3 Å². The first-order valence-corrected chi connectivity index (χ1v) is 10.1. The Bertz CT molecular complexity index is 756. The van der Waals surface area contributed by atoms with Crippen LogP contribution in [0.4, 0.5) is 0 Å². The number of carbonyl (C=O) groups excluding carboxylic acids is 2. The molecule has 0 aliphatic rings. The van der Waals surface area contributed by atoms with Gasteiger partial charge < -0.3 is 10.2 Å². The molecule has 1 N–H and O–H groups in total. The van der Waals surface area contributed by atoms with Crippen LogP contribution >= 0.6 is 0 Å². The van der Waals surface area contributed by atoms with Gasteiger partial charge in [-0.25, -0.2) is 0 Å². The molecule has 28 heavy (non-hydrogen) atoms. The van der Waals surface area contributed by atoms with Gasteiger partial charge in [0.15, 0.2) is 0 Å². The van der Waals surface area contributed by atoms with Crippen molar-refractivity contribution >= 4 is 11.8 Å². The van der Waals surface area contributed by atoms with E-state index in [-0.39, 0.29) is 17.9 Å². The van der Waals surface area contributed by atoms with Crippen molar-refractivity contribution in [1.82, 2.24) is 10.2 Å². The van der Waals surface area contributed by atoms with E-state index in [1.54, 1.807) is 4.90 Å². The zero-order valence-electron chi connectivity index (χ0n) is 17.4. The highest BCUT2D eigenvalue weighted by Crippen LogP contribution is 2.13. The summed E-state index contributed by atoms with van der Waals surface area (Å²) in [6.07, 6.45) is 1.92. The Labute approximate surface area is 169 Å². The van der Waals surface area contributed by atoms with Crippen molar-refractivity contribution in [2.24, 2.45) is 0 Å². The van der Waals surface area contributed by atoms with Gasteiger partial charge in [-0.3, -0.25) is 9.59 Å². The van der Waals surface area contributed by atoms with Crippen LogP contribution in [-0.2, 0) is 22.6 Å². The van der Waals surface area contributed by atoms with Crippen LogP contribution in [0.25, 0.3) is 0 Å². The standard InChI is InChI=1S/C24H32N2O2/c1-5-19(3)25-24(28)20(4)26(17-22-9-7-6-8-10-22)23(27)16-15-21-13-11-18(2)12-14-21/h6-14,19-20H,5,15-17H2,1-4H3,(H,25,28)/t19-,20-/m0/s1. The van der Waals surface area contributed by atoms with Crippen LogP contribution in [0.3, 0.4) is 0 Å². The lowest BCUT2D eigenvalue weighted by molar-refractivity contribution is -0.140. The molecule has 2 aromatic rings. The molecule has 0 saturated heterocycles. The van der Waals surface area contributed by atoms with Crippen LogP contribution < -0.4 is 5.32 Å². The number of aryl methyl sites for hydroxylation is 2. The number of nitrogens with zero attached hydrogens (tertiary/aromatic N) is 1. The van der Waals surface area contributed by atoms with Crippen LogP contribution in [0.5, 0.6) is 0 Å². The van der Waals surface area contributed by atoms with Crippen LogP contribution in [0, 0.1) is 6.92 Å². The van der Waals surface area contributed by atoms with E-state index in [4.69, 9.17) is 0 Å². The number of nitrogens with one attached hydrogen (secondary N) is 1. The third-order valence-corrected chi connectivity index (χ3v) is 5.11. The van der Waals surface area contributed by atoms with E-state index >= 15 is 0 Å². The van der Waals surface area contributed by atoms with Gasteiger partial charge in [0.05, 0.1) is 0 Å². The van der Waals surface area contributed by atoms with E-state index in [1.807, 2.05) is 58.0 Å². The van der Waals surface area contributed by atoms with Crippen LogP contribution in [0.1, 0.15) is 50.3 Å². The van der Waals surface area contributed by atoms with Crippen molar-refractivity contribution in [2.75, 3.05) is 0 Å². The maximum atomic E-state index is 13.0. The summed E-state index contributed by atoms with van der Waals surface area (Å²) in [5, 5.41) is 3.00. The summed E-state index contributed by atoms with van der Waals surface area (Å²) < 4.78 is 0. The van der Waals surface area contributed by atoms with E-state index in [9.17, 15) is 9.59 Å². The number of benzene rings is 2. The summed E-state index contributed by atoms with van der Waals surface area (Å²) in [5.74, 6) is -0.106. The largest absolute Gasteiger partial charge is 0.352 e. The van der Waals surface area contributed by atoms with Gasteiger partial charge >= 0.3 is 0 Å². The average molecular weight is 381 g/mol. The molecule has 0 fully saturated rings. The lowest BCUT2D eigenvalue weighted by Crippen LogP contribution is -2.49. The first-order valence-electron chi connectivity index (χ1n) is 10.1. The predicted octanol–water partition coefficient (Wildman–Crippen LogP) is 4.26. The molecule has 2 amide bonds. The Balaban J connectivity index is 2.10. The van der Waals surface area contributed by atoms with E-state index in [0.29, 0.717) is 19.4 Å². The molecule has 0 aromatic heterocycles. The maximum Gasteiger partial charge on any atom is 0.242 e. The van der Waals surface area contributed by atoms with Crippen molar-refractivity contribution in [2.45, 2.75) is 65.6 Å². The number of hydrogen-bond donors (Lipinski definition) is 1. The Morgan fingerprint density at radius 2 is 1.61 bits per heavy atom. The monoisotopic (exact) mass is 380 g/mol. The second kappa shape index (κ2) is 10.6. The van der Waals surface area contributed by atoms with Crippen molar-refractivity contribution in [1.29, 1.82) is 0 Å². The fraction of sp³-hybridized carbons (Fsp3) is 0.417. The van der Waals surface area contributed by atoms with Crippen molar-refractivity contribution in [3.63, 3.8) is 0 Å². The molecular formula is C24H32N2O2. The lowest BCUT2D eigenvalue weighted by atomic mass is 10.1. The van der Waals surface area contributed by atoms with Gasteiger partial charge in [-0.2, -0.15) is 0 Å². The summed E-state index contributed by atoms with van der Waals surface area (Å²) in [6, 6.07) is 17.6. The zero-order valence-corrected chi connectivity index (χ0v) is 17.4. The second-order valence-corrected chi connectivity index (χ2v) is 7.49. The topological polar surface area (TPSA) is 49.4 Å². The van der Waals surface area contributed by atoms with E-state index in [0.717, 1.165) is 17.5 Å². The molecule has 0 spiro atoms. The first-order chi connectivity index (χ1) is 13.4. The molecule has 4 nitrogen and oxygen atoms in total. The highest BCUT2D eigenvalue weighted by atomic mass is 16.2. The van der Waals surface area contributed by atoms with Gasteiger partial charge in [0.25, 0.3) is 0 Å². The molecule has 0 radical (unpaired) electrons. The zero-order chi connectivity index (χ0) is 20.5. The lowest BCUT2D eigenvalue weighted by Gasteiger charge is -2.29. The summed E-state index contributed by atoms with van der Waals surface area (Å²) in [5.41, 5.74) is 3.36. The second-order valence-electron chi connectivity index (χ2n) is 7.49. The molecule has 4 heteroatoms. The fourth-order valence-electron chi connectivity index (χ4n) is 2.98. The molecule has 2 atom stereocenters. The van der Waals surface area contributed by atoms with Gasteiger partial charge in [0.2, 0.25) is 11.8 Å². The van der Waals surface area contributed by atoms with Crippen LogP contribution in [0.2, 0.25) is 0 Å². The third-order valence-electron chi connectivity index (χ3n) is 5.11. The predicted molar refractivity (Wildman–Crippen MR) is 114 cm³/mol. The normalized spacial score (nSPS) is 12.9. The average Bonchev–Trinajstić information content (AvgIpc) is 2.71. The number of rotatable bonds is 9. The molecule has 0 heterocycles. The highest BCUT2D eigenvalue weighted by Gasteiger charge is 2.26. The molecule has 150 valence electrons. The fourth-order valence-corrected chi connectivity index (χ4v) is 2.98. The highest BCUT2D eigenvalue weighted by molar-refractivity contribution is 5.87. The Hall–Kier alpha value is -2.62. The SMILES string of the molecule is CC[C@H](C)NC(=O)[C@H](C)N(Cc1ccccc1)C(=O)CCc1ccc(C)cc1. The molecule has 0 bridgehead atoms. The van der Waals surface area contributed by atoms with Gasteiger partial charge in [-0.15, -0.1) is 0 Å². The molecule has 2 aromatic carbocycles. The minimum atomic E-state index is -0.514. The van der Waals surface area contributed by atoms with E-state index in [1.165, 1.54) is 5.56 Å². The molecular weight excluding hydrogens is 348 g/mol. The number of carbonyl (C=O) groups is 2. The molecule has 2 rings (SSSR count). The molecule has 0 saturated carbocycles. The van der Waals surface area contributed by atoms with Gasteiger partial charge in [-0.05, 0) is 44.7 Å². The summed E-state index contributed by atoms with van der Waals surface area (Å²) >= 11 is 0. The quantitative estimate of drug-likeness (QED) is 0.707. The molecule has 0 aliphatic heterocycles. The van der Waals surface area contributed by atoms with E-state index < -0.39 is 6.04 Å². The smallest absolute Gasteiger partial charge is 0.242 e. The maximum absolute atomic E-state index is 13.0. The number of amides is 2. The summed E-state index contributed by atoms with van der Waals surface area (Å²) in [7, 11) is 0. The minimum Gasteiger partial charge on any atom is -0.352 e. The van der Waals surface area contributed by atoms with Gasteiger partial charge in [-0.1, -0.05) is 67.1 Å². The third kappa shape index (κ3) is 6.52. The molecule has 0 unspecified atom stereocenters. The summed E-state index contributed by atoms with van der Waals surface area (Å²) in [4.78, 5) is 27.4. The van der Waals surface area contributed by atoms with E-state index in [2.05, 4.69) is 29.6 Å².